The zero-order valence-electron chi connectivity index (χ0n) is 18.3. The number of hydrogen-bond donors (Lipinski definition) is 3. The van der Waals surface area contributed by atoms with Crippen LogP contribution in [0.1, 0.15) is 52.4 Å². The average molecular weight is 567 g/mol. The molecule has 0 bridgehead atoms. The third-order valence-corrected chi connectivity index (χ3v) is 6.71. The van der Waals surface area contributed by atoms with Gasteiger partial charge in [0.25, 0.3) is 0 Å². The van der Waals surface area contributed by atoms with E-state index in [1.807, 2.05) is 0 Å². The van der Waals surface area contributed by atoms with Gasteiger partial charge in [0.2, 0.25) is 17.7 Å². The molecule has 0 radical (unpaired) electrons. The Labute approximate surface area is 200 Å². The number of ether oxygens (including phenoxy) is 1. The van der Waals surface area contributed by atoms with Crippen LogP contribution in [0.4, 0.5) is 0 Å². The Bertz CT molecular complexity index is 671. The minimum absolute atomic E-state index is 0.0715. The van der Waals surface area contributed by atoms with Gasteiger partial charge in [-0.2, -0.15) is 0 Å². The molecule has 0 spiro atoms. The molecule has 0 saturated heterocycles. The molecule has 0 fully saturated rings. The van der Waals surface area contributed by atoms with Crippen molar-refractivity contribution < 1.29 is 23.9 Å². The molecule has 31 heavy (non-hydrogen) atoms. The number of amides is 3. The van der Waals surface area contributed by atoms with Crippen LogP contribution in [0.25, 0.3) is 0 Å². The van der Waals surface area contributed by atoms with Crippen molar-refractivity contribution in [2.24, 2.45) is 5.92 Å². The lowest BCUT2D eigenvalue weighted by Crippen LogP contribution is -2.53. The number of esters is 1. The molecule has 0 aromatic heterocycles. The van der Waals surface area contributed by atoms with E-state index in [-0.39, 0.29) is 36.7 Å². The van der Waals surface area contributed by atoms with Crippen molar-refractivity contribution in [3.8, 4) is 0 Å². The Morgan fingerprint density at radius 1 is 1.06 bits per heavy atom. The third kappa shape index (κ3) is 10.6. The zero-order valence-corrected chi connectivity index (χ0v) is 21.5. The Hall–Kier alpha value is -1.42. The number of unbranched alkanes of at least 4 members (excludes halogenated alkanes) is 1. The summed E-state index contributed by atoms with van der Waals surface area (Å²) in [4.78, 5) is 47.9. The van der Waals surface area contributed by atoms with Crippen molar-refractivity contribution in [2.45, 2.75) is 70.5 Å². The van der Waals surface area contributed by atoms with Crippen LogP contribution in [0.3, 0.4) is 0 Å². The van der Waals surface area contributed by atoms with Gasteiger partial charge in [-0.05, 0) is 45.4 Å². The first-order valence-corrected chi connectivity index (χ1v) is 12.7. The van der Waals surface area contributed by atoms with Crippen molar-refractivity contribution in [1.29, 1.82) is 0 Å². The molecule has 3 N–H and O–H groups in total. The Morgan fingerprint density at radius 2 is 1.71 bits per heavy atom. The Balaban J connectivity index is 2.41. The van der Waals surface area contributed by atoms with Crippen LogP contribution in [0.15, 0.2) is 11.6 Å². The van der Waals surface area contributed by atoms with E-state index < -0.39 is 18.0 Å². The highest BCUT2D eigenvalue weighted by molar-refractivity contribution is 9.09. The molecule has 0 aromatic rings. The van der Waals surface area contributed by atoms with Gasteiger partial charge in [-0.15, -0.1) is 0 Å². The fourth-order valence-corrected chi connectivity index (χ4v) is 4.21. The molecule has 1 aliphatic rings. The summed E-state index contributed by atoms with van der Waals surface area (Å²) in [5.74, 6) is -0.824. The SMILES string of the molecule is COC(=O)CCCCC(=O)N[C@@H](C)C(=O)N[C@H](C)C(=O)N[C@@H]1C=C(CBr)C[C@H](CBr)C1. The molecule has 0 unspecified atom stereocenters. The minimum atomic E-state index is -0.768. The van der Waals surface area contributed by atoms with E-state index in [0.29, 0.717) is 18.8 Å². The summed E-state index contributed by atoms with van der Waals surface area (Å²) >= 11 is 7.00. The van der Waals surface area contributed by atoms with Crippen molar-refractivity contribution in [2.75, 3.05) is 17.8 Å². The van der Waals surface area contributed by atoms with Gasteiger partial charge in [0, 0.05) is 29.5 Å². The van der Waals surface area contributed by atoms with Gasteiger partial charge in [-0.25, -0.2) is 0 Å². The highest BCUT2D eigenvalue weighted by atomic mass is 79.9. The lowest BCUT2D eigenvalue weighted by Gasteiger charge is -2.28. The van der Waals surface area contributed by atoms with E-state index >= 15 is 0 Å². The molecule has 4 atom stereocenters. The molecule has 1 rings (SSSR count). The molecule has 1 aliphatic carbocycles. The lowest BCUT2D eigenvalue weighted by atomic mass is 9.88. The molecular weight excluding hydrogens is 534 g/mol. The summed E-state index contributed by atoms with van der Waals surface area (Å²) in [6.45, 7) is 3.19. The molecule has 0 aromatic carbocycles. The fraction of sp³-hybridized carbons (Fsp3) is 0.714. The normalized spacial score (nSPS) is 20.1. The summed E-state index contributed by atoms with van der Waals surface area (Å²) in [5.41, 5.74) is 1.25. The van der Waals surface area contributed by atoms with E-state index in [4.69, 9.17) is 0 Å². The van der Waals surface area contributed by atoms with E-state index in [0.717, 1.165) is 23.5 Å². The van der Waals surface area contributed by atoms with Crippen LogP contribution in [0, 0.1) is 5.92 Å². The summed E-state index contributed by atoms with van der Waals surface area (Å²) < 4.78 is 4.55. The average Bonchev–Trinajstić information content (AvgIpc) is 2.75. The maximum Gasteiger partial charge on any atom is 0.305 e. The molecule has 8 nitrogen and oxygen atoms in total. The highest BCUT2D eigenvalue weighted by Gasteiger charge is 2.26. The van der Waals surface area contributed by atoms with Gasteiger partial charge in [0.15, 0.2) is 0 Å². The number of carbonyl (C=O) groups excluding carboxylic acids is 4. The number of methoxy groups -OCH3 is 1. The first-order valence-electron chi connectivity index (χ1n) is 10.5. The topological polar surface area (TPSA) is 114 Å². The number of rotatable bonds is 12. The van der Waals surface area contributed by atoms with Crippen LogP contribution in [-0.2, 0) is 23.9 Å². The molecule has 0 heterocycles. The van der Waals surface area contributed by atoms with E-state index in [2.05, 4.69) is 58.6 Å². The number of carbonyl (C=O) groups is 4. The van der Waals surface area contributed by atoms with Crippen LogP contribution in [-0.4, -0.2) is 59.6 Å². The number of hydrogen-bond acceptors (Lipinski definition) is 5. The molecule has 0 aliphatic heterocycles. The van der Waals surface area contributed by atoms with E-state index in [1.54, 1.807) is 13.8 Å². The second kappa shape index (κ2) is 14.6. The Morgan fingerprint density at radius 3 is 2.32 bits per heavy atom. The number of allylic oxidation sites excluding steroid dienone is 1. The van der Waals surface area contributed by atoms with Crippen LogP contribution >= 0.6 is 31.9 Å². The number of halogens is 2. The van der Waals surface area contributed by atoms with Crippen LogP contribution < -0.4 is 16.0 Å². The van der Waals surface area contributed by atoms with Crippen LogP contribution in [0.5, 0.6) is 0 Å². The second-order valence-electron chi connectivity index (χ2n) is 7.84. The maximum absolute atomic E-state index is 12.5. The highest BCUT2D eigenvalue weighted by Crippen LogP contribution is 2.27. The monoisotopic (exact) mass is 565 g/mol. The van der Waals surface area contributed by atoms with Gasteiger partial charge < -0.3 is 20.7 Å². The quantitative estimate of drug-likeness (QED) is 0.145. The van der Waals surface area contributed by atoms with Gasteiger partial charge >= 0.3 is 5.97 Å². The van der Waals surface area contributed by atoms with Gasteiger partial charge in [-0.1, -0.05) is 43.5 Å². The molecule has 176 valence electrons. The summed E-state index contributed by atoms with van der Waals surface area (Å²) in [6.07, 6.45) is 5.45. The van der Waals surface area contributed by atoms with Crippen molar-refractivity contribution in [3.63, 3.8) is 0 Å². The first-order chi connectivity index (χ1) is 14.7. The lowest BCUT2D eigenvalue weighted by molar-refractivity contribution is -0.140. The predicted octanol–water partition coefficient (Wildman–Crippen LogP) is 2.34. The predicted molar refractivity (Wildman–Crippen MR) is 126 cm³/mol. The maximum atomic E-state index is 12.5. The van der Waals surface area contributed by atoms with Crippen molar-refractivity contribution >= 4 is 55.6 Å². The standard InChI is InChI=1S/C21H33Br2N3O5/c1-13(24-18(27)6-4-5-7-19(28)31-3)20(29)25-14(2)21(30)26-17-9-15(11-22)8-16(10-17)12-23/h9,13-14,16-17H,4-8,10-12H2,1-3H3,(H,24,27)(H,25,29)(H,26,30)/t13-,14+,16-,17+/m0/s1. The number of nitrogens with one attached hydrogen (secondary N) is 3. The first kappa shape index (κ1) is 27.6. The van der Waals surface area contributed by atoms with Gasteiger partial charge in [0.05, 0.1) is 7.11 Å². The zero-order chi connectivity index (χ0) is 23.4. The van der Waals surface area contributed by atoms with E-state index in [9.17, 15) is 19.2 Å². The van der Waals surface area contributed by atoms with Gasteiger partial charge in [0.1, 0.15) is 12.1 Å². The smallest absolute Gasteiger partial charge is 0.305 e. The molecular formula is C21H33Br2N3O5. The fourth-order valence-electron chi connectivity index (χ4n) is 3.30. The summed E-state index contributed by atoms with van der Waals surface area (Å²) in [5, 5.41) is 9.89. The largest absolute Gasteiger partial charge is 0.469 e. The van der Waals surface area contributed by atoms with E-state index in [1.165, 1.54) is 12.7 Å². The van der Waals surface area contributed by atoms with Crippen LogP contribution in [0.2, 0.25) is 0 Å². The van der Waals surface area contributed by atoms with Crippen molar-refractivity contribution in [1.82, 2.24) is 16.0 Å². The molecule has 0 saturated carbocycles. The summed E-state index contributed by atoms with van der Waals surface area (Å²) in [6, 6.07) is -1.56. The minimum Gasteiger partial charge on any atom is -0.469 e. The Kier molecular flexibility index (Phi) is 13.0. The number of alkyl halides is 2. The third-order valence-electron chi connectivity index (χ3n) is 5.08. The molecule has 10 heteroatoms. The molecule has 3 amide bonds. The summed E-state index contributed by atoms with van der Waals surface area (Å²) in [7, 11) is 1.32. The van der Waals surface area contributed by atoms with Gasteiger partial charge in [-0.3, -0.25) is 19.2 Å². The second-order valence-corrected chi connectivity index (χ2v) is 9.04. The van der Waals surface area contributed by atoms with Crippen molar-refractivity contribution in [3.05, 3.63) is 11.6 Å².